The van der Waals surface area contributed by atoms with Crippen LogP contribution in [0.1, 0.15) is 5.56 Å². The van der Waals surface area contributed by atoms with E-state index in [9.17, 15) is 0 Å². The highest BCUT2D eigenvalue weighted by molar-refractivity contribution is 6.35. The lowest BCUT2D eigenvalue weighted by Gasteiger charge is -1.98. The van der Waals surface area contributed by atoms with E-state index in [1.54, 1.807) is 36.5 Å². The molecule has 0 aliphatic heterocycles. The molecule has 0 saturated heterocycles. The molecule has 0 unspecified atom stereocenters. The molecule has 2 aromatic carbocycles. The van der Waals surface area contributed by atoms with E-state index in [0.29, 0.717) is 15.1 Å². The van der Waals surface area contributed by atoms with E-state index in [2.05, 4.69) is 4.99 Å². The predicted octanol–water partition coefficient (Wildman–Crippen LogP) is 5.40. The van der Waals surface area contributed by atoms with Crippen molar-refractivity contribution >= 4 is 46.7 Å². The van der Waals surface area contributed by atoms with Gasteiger partial charge in [-0.2, -0.15) is 0 Å². The summed E-state index contributed by atoms with van der Waals surface area (Å²) < 4.78 is 0. The first-order valence-corrected chi connectivity index (χ1v) is 6.03. The Bertz CT molecular complexity index is 547. The van der Waals surface area contributed by atoms with E-state index in [0.717, 1.165) is 11.3 Å². The maximum absolute atomic E-state index is 6.02. The van der Waals surface area contributed by atoms with Crippen LogP contribution < -0.4 is 0 Å². The molecular formula is C13H8Cl3N. The lowest BCUT2D eigenvalue weighted by Crippen LogP contribution is -1.82. The van der Waals surface area contributed by atoms with Crippen LogP contribution in [0.4, 0.5) is 5.69 Å². The summed E-state index contributed by atoms with van der Waals surface area (Å²) in [5.74, 6) is 0. The Kier molecular flexibility index (Phi) is 4.06. The number of halogens is 3. The Morgan fingerprint density at radius 2 is 1.47 bits per heavy atom. The monoisotopic (exact) mass is 283 g/mol. The molecule has 0 radical (unpaired) electrons. The molecule has 0 atom stereocenters. The van der Waals surface area contributed by atoms with Crippen LogP contribution in [0.2, 0.25) is 15.1 Å². The molecule has 0 spiro atoms. The van der Waals surface area contributed by atoms with E-state index in [4.69, 9.17) is 34.8 Å². The molecule has 0 aromatic heterocycles. The Balaban J connectivity index is 2.25. The molecule has 4 heteroatoms. The minimum Gasteiger partial charge on any atom is -0.256 e. The highest BCUT2D eigenvalue weighted by atomic mass is 35.5. The fourth-order valence-electron chi connectivity index (χ4n) is 1.28. The normalized spacial score (nSPS) is 11.0. The van der Waals surface area contributed by atoms with Crippen LogP contribution in [0, 0.1) is 0 Å². The summed E-state index contributed by atoms with van der Waals surface area (Å²) in [4.78, 5) is 4.29. The third kappa shape index (κ3) is 3.47. The molecule has 0 saturated carbocycles. The van der Waals surface area contributed by atoms with Gasteiger partial charge in [-0.15, -0.1) is 0 Å². The zero-order valence-corrected chi connectivity index (χ0v) is 11.0. The number of nitrogens with zero attached hydrogens (tertiary/aromatic N) is 1. The smallest absolute Gasteiger partial charge is 0.0630 e. The van der Waals surface area contributed by atoms with Gasteiger partial charge in [-0.1, -0.05) is 34.8 Å². The number of hydrogen-bond donors (Lipinski definition) is 0. The Morgan fingerprint density at radius 3 is 2.18 bits per heavy atom. The van der Waals surface area contributed by atoms with E-state index in [1.165, 1.54) is 0 Å². The van der Waals surface area contributed by atoms with Crippen molar-refractivity contribution in [2.24, 2.45) is 4.99 Å². The molecule has 0 fully saturated rings. The first-order valence-electron chi connectivity index (χ1n) is 4.90. The van der Waals surface area contributed by atoms with Crippen molar-refractivity contribution in [2.75, 3.05) is 0 Å². The van der Waals surface area contributed by atoms with Crippen molar-refractivity contribution in [1.82, 2.24) is 0 Å². The Hall–Kier alpha value is -1.02. The lowest BCUT2D eigenvalue weighted by molar-refractivity contribution is 1.52. The van der Waals surface area contributed by atoms with Gasteiger partial charge in [-0.25, -0.2) is 0 Å². The first-order chi connectivity index (χ1) is 8.15. The predicted molar refractivity (Wildman–Crippen MR) is 75.2 cm³/mol. The van der Waals surface area contributed by atoms with Crippen molar-refractivity contribution < 1.29 is 0 Å². The average Bonchev–Trinajstić information content (AvgIpc) is 2.32. The maximum Gasteiger partial charge on any atom is 0.0630 e. The lowest BCUT2D eigenvalue weighted by atomic mass is 10.2. The van der Waals surface area contributed by atoms with Crippen molar-refractivity contribution in [1.29, 1.82) is 0 Å². The number of aliphatic imine (C=N–C) groups is 1. The second kappa shape index (κ2) is 5.54. The van der Waals surface area contributed by atoms with Gasteiger partial charge in [0.25, 0.3) is 0 Å². The quantitative estimate of drug-likeness (QED) is 0.655. The second-order valence-corrected chi connectivity index (χ2v) is 4.68. The summed E-state index contributed by atoms with van der Waals surface area (Å²) in [6, 6.07) is 12.5. The Morgan fingerprint density at radius 1 is 0.824 bits per heavy atom. The number of rotatable bonds is 2. The van der Waals surface area contributed by atoms with Crippen LogP contribution in [-0.4, -0.2) is 6.21 Å². The van der Waals surface area contributed by atoms with Gasteiger partial charge >= 0.3 is 0 Å². The summed E-state index contributed by atoms with van der Waals surface area (Å²) in [6.07, 6.45) is 1.68. The van der Waals surface area contributed by atoms with Crippen LogP contribution in [0.5, 0.6) is 0 Å². The highest BCUT2D eigenvalue weighted by Crippen LogP contribution is 2.21. The Labute approximate surface area is 115 Å². The molecular weight excluding hydrogens is 277 g/mol. The largest absolute Gasteiger partial charge is 0.256 e. The van der Waals surface area contributed by atoms with Crippen LogP contribution in [-0.2, 0) is 0 Å². The standard InChI is InChI=1S/C13H8Cl3N/c14-10-1-4-12(5-2-10)17-8-9-7-11(15)3-6-13(9)16/h1-8H. The molecule has 2 rings (SSSR count). The van der Waals surface area contributed by atoms with E-state index >= 15 is 0 Å². The van der Waals surface area contributed by atoms with Crippen LogP contribution in [0.3, 0.4) is 0 Å². The summed E-state index contributed by atoms with van der Waals surface area (Å²) in [5.41, 5.74) is 1.60. The van der Waals surface area contributed by atoms with Gasteiger partial charge in [0.2, 0.25) is 0 Å². The number of hydrogen-bond acceptors (Lipinski definition) is 1. The minimum atomic E-state index is 0.618. The average molecular weight is 285 g/mol. The summed E-state index contributed by atoms with van der Waals surface area (Å²) in [6.45, 7) is 0. The fourth-order valence-corrected chi connectivity index (χ4v) is 1.76. The van der Waals surface area contributed by atoms with Crippen molar-refractivity contribution in [3.05, 3.63) is 63.1 Å². The van der Waals surface area contributed by atoms with Crippen LogP contribution >= 0.6 is 34.8 Å². The van der Waals surface area contributed by atoms with Gasteiger partial charge in [0.05, 0.1) is 5.69 Å². The summed E-state index contributed by atoms with van der Waals surface area (Å²) in [5, 5.41) is 1.93. The first kappa shape index (κ1) is 12.4. The van der Waals surface area contributed by atoms with Gasteiger partial charge in [0, 0.05) is 26.8 Å². The molecule has 0 N–H and O–H groups in total. The van der Waals surface area contributed by atoms with E-state index < -0.39 is 0 Å². The minimum absolute atomic E-state index is 0.618. The van der Waals surface area contributed by atoms with Gasteiger partial charge in [0.15, 0.2) is 0 Å². The molecule has 0 amide bonds. The topological polar surface area (TPSA) is 12.4 Å². The molecule has 1 nitrogen and oxygen atoms in total. The van der Waals surface area contributed by atoms with Gasteiger partial charge in [0.1, 0.15) is 0 Å². The summed E-state index contributed by atoms with van der Waals surface area (Å²) in [7, 11) is 0. The molecule has 0 aliphatic rings. The maximum atomic E-state index is 6.02. The van der Waals surface area contributed by atoms with Crippen LogP contribution in [0.25, 0.3) is 0 Å². The van der Waals surface area contributed by atoms with Crippen LogP contribution in [0.15, 0.2) is 47.5 Å². The molecule has 0 heterocycles. The zero-order valence-electron chi connectivity index (χ0n) is 8.70. The van der Waals surface area contributed by atoms with E-state index in [1.807, 2.05) is 12.1 Å². The SMILES string of the molecule is Clc1ccc(N=Cc2cc(Cl)ccc2Cl)cc1. The molecule has 17 heavy (non-hydrogen) atoms. The van der Waals surface area contributed by atoms with Crippen molar-refractivity contribution in [3.63, 3.8) is 0 Å². The second-order valence-electron chi connectivity index (χ2n) is 3.40. The molecule has 0 aliphatic carbocycles. The van der Waals surface area contributed by atoms with Gasteiger partial charge in [-0.05, 0) is 42.5 Å². The molecule has 86 valence electrons. The molecule has 2 aromatic rings. The summed E-state index contributed by atoms with van der Waals surface area (Å²) >= 11 is 17.7. The van der Waals surface area contributed by atoms with Crippen molar-refractivity contribution in [3.8, 4) is 0 Å². The van der Waals surface area contributed by atoms with Gasteiger partial charge < -0.3 is 0 Å². The zero-order chi connectivity index (χ0) is 12.3. The van der Waals surface area contributed by atoms with E-state index in [-0.39, 0.29) is 0 Å². The number of benzene rings is 2. The van der Waals surface area contributed by atoms with Gasteiger partial charge in [-0.3, -0.25) is 4.99 Å². The highest BCUT2D eigenvalue weighted by Gasteiger charge is 1.98. The third-order valence-electron chi connectivity index (χ3n) is 2.14. The van der Waals surface area contributed by atoms with Crippen molar-refractivity contribution in [2.45, 2.75) is 0 Å². The third-order valence-corrected chi connectivity index (χ3v) is 2.97. The molecule has 0 bridgehead atoms. The fraction of sp³-hybridized carbons (Fsp3) is 0.